The van der Waals surface area contributed by atoms with E-state index in [1.165, 1.54) is 9.78 Å². The molecule has 1 heterocycles. The molecule has 1 fully saturated rings. The third-order valence-electron chi connectivity index (χ3n) is 3.81. The molecule has 1 aromatic rings. The van der Waals surface area contributed by atoms with Crippen LogP contribution >= 0.6 is 11.3 Å². The molecule has 21 heavy (non-hydrogen) atoms. The molecule has 0 atom stereocenters. The lowest BCUT2D eigenvalue weighted by atomic mass is 10.2. The van der Waals surface area contributed by atoms with Crippen molar-refractivity contribution in [2.75, 3.05) is 6.54 Å². The van der Waals surface area contributed by atoms with Gasteiger partial charge in [-0.05, 0) is 31.4 Å². The first-order valence-corrected chi connectivity index (χ1v) is 8.25. The minimum atomic E-state index is -0.957. The Balaban J connectivity index is 1.92. The van der Waals surface area contributed by atoms with Crippen molar-refractivity contribution >= 4 is 23.3 Å². The highest BCUT2D eigenvalue weighted by Gasteiger charge is 2.28. The number of urea groups is 1. The molecule has 0 unspecified atom stereocenters. The molecule has 1 aromatic heterocycles. The summed E-state index contributed by atoms with van der Waals surface area (Å²) in [5.74, 6) is -0.957. The zero-order chi connectivity index (χ0) is 15.2. The fraction of sp³-hybridized carbons (Fsp3) is 0.600. The summed E-state index contributed by atoms with van der Waals surface area (Å²) < 4.78 is 0. The maximum atomic E-state index is 12.3. The fourth-order valence-electron chi connectivity index (χ4n) is 2.70. The summed E-state index contributed by atoms with van der Waals surface area (Å²) in [4.78, 5) is 27.1. The quantitative estimate of drug-likeness (QED) is 0.849. The lowest BCUT2D eigenvalue weighted by Gasteiger charge is -2.27. The summed E-state index contributed by atoms with van der Waals surface area (Å²) in [5.41, 5.74) is 0. The highest BCUT2D eigenvalue weighted by molar-refractivity contribution is 7.11. The van der Waals surface area contributed by atoms with Gasteiger partial charge in [0, 0.05) is 15.8 Å². The number of carbonyl (C=O) groups excluding carboxylic acids is 1. The van der Waals surface area contributed by atoms with Gasteiger partial charge in [0.1, 0.15) is 6.54 Å². The summed E-state index contributed by atoms with van der Waals surface area (Å²) in [5, 5.41) is 11.8. The molecule has 0 bridgehead atoms. The molecule has 0 aromatic carbocycles. The molecule has 0 spiro atoms. The van der Waals surface area contributed by atoms with Crippen molar-refractivity contribution in [1.29, 1.82) is 0 Å². The van der Waals surface area contributed by atoms with E-state index in [0.29, 0.717) is 6.54 Å². The predicted molar refractivity (Wildman–Crippen MR) is 82.5 cm³/mol. The summed E-state index contributed by atoms with van der Waals surface area (Å²) in [6, 6.07) is 3.88. The maximum Gasteiger partial charge on any atom is 0.323 e. The molecule has 2 amide bonds. The highest BCUT2D eigenvalue weighted by Crippen LogP contribution is 2.23. The van der Waals surface area contributed by atoms with Crippen LogP contribution in [0.1, 0.15) is 42.4 Å². The number of aryl methyl sites for hydroxylation is 1. The highest BCUT2D eigenvalue weighted by atomic mass is 32.1. The van der Waals surface area contributed by atoms with Crippen molar-refractivity contribution in [3.8, 4) is 0 Å². The number of amides is 2. The first-order chi connectivity index (χ1) is 10.1. The van der Waals surface area contributed by atoms with E-state index in [-0.39, 0.29) is 18.6 Å². The van der Waals surface area contributed by atoms with Crippen molar-refractivity contribution in [3.05, 3.63) is 21.9 Å². The van der Waals surface area contributed by atoms with Crippen LogP contribution in [0.15, 0.2) is 12.1 Å². The van der Waals surface area contributed by atoms with Crippen LogP contribution in [-0.2, 0) is 17.8 Å². The standard InChI is InChI=1S/C15H22N2O3S/c1-2-12-7-8-13(21-12)9-16-15(20)17(10-14(18)19)11-5-3-4-6-11/h7-8,11H,2-6,9-10H2,1H3,(H,16,20)(H,18,19). The van der Waals surface area contributed by atoms with E-state index in [2.05, 4.69) is 18.3 Å². The molecular formula is C15H22N2O3S. The number of carbonyl (C=O) groups is 2. The Hall–Kier alpha value is -1.56. The topological polar surface area (TPSA) is 69.6 Å². The average Bonchev–Trinajstić information content (AvgIpc) is 3.12. The summed E-state index contributed by atoms with van der Waals surface area (Å²) in [7, 11) is 0. The van der Waals surface area contributed by atoms with E-state index in [4.69, 9.17) is 5.11 Å². The van der Waals surface area contributed by atoms with E-state index in [9.17, 15) is 9.59 Å². The lowest BCUT2D eigenvalue weighted by Crippen LogP contribution is -2.47. The van der Waals surface area contributed by atoms with Gasteiger partial charge in [-0.15, -0.1) is 11.3 Å². The first kappa shape index (κ1) is 15.8. The predicted octanol–water partition coefficient (Wildman–Crippen LogP) is 2.85. The summed E-state index contributed by atoms with van der Waals surface area (Å²) >= 11 is 1.68. The molecule has 1 aliphatic carbocycles. The molecule has 0 saturated heterocycles. The van der Waals surface area contributed by atoms with Crippen molar-refractivity contribution in [2.45, 2.75) is 51.6 Å². The Bertz CT molecular complexity index is 495. The van der Waals surface area contributed by atoms with Crippen molar-refractivity contribution in [1.82, 2.24) is 10.2 Å². The second-order valence-electron chi connectivity index (χ2n) is 5.34. The number of carboxylic acids is 1. The van der Waals surface area contributed by atoms with Crippen LogP contribution in [0, 0.1) is 0 Å². The van der Waals surface area contributed by atoms with Gasteiger partial charge in [-0.25, -0.2) is 4.79 Å². The monoisotopic (exact) mass is 310 g/mol. The number of thiophene rings is 1. The number of hydrogen-bond acceptors (Lipinski definition) is 3. The summed E-state index contributed by atoms with van der Waals surface area (Å²) in [6.07, 6.45) is 4.93. The number of aliphatic carboxylic acids is 1. The Morgan fingerprint density at radius 3 is 2.57 bits per heavy atom. The van der Waals surface area contributed by atoms with Crippen LogP contribution in [0.5, 0.6) is 0 Å². The lowest BCUT2D eigenvalue weighted by molar-refractivity contribution is -0.138. The molecule has 6 heteroatoms. The van der Waals surface area contributed by atoms with Crippen molar-refractivity contribution in [2.24, 2.45) is 0 Å². The normalized spacial score (nSPS) is 15.1. The van der Waals surface area contributed by atoms with E-state index in [0.717, 1.165) is 37.0 Å². The van der Waals surface area contributed by atoms with Gasteiger partial charge < -0.3 is 15.3 Å². The minimum absolute atomic E-state index is 0.0654. The number of hydrogen-bond donors (Lipinski definition) is 2. The minimum Gasteiger partial charge on any atom is -0.480 e. The van der Waals surface area contributed by atoms with E-state index < -0.39 is 5.97 Å². The second-order valence-corrected chi connectivity index (χ2v) is 6.59. The third kappa shape index (κ3) is 4.46. The SMILES string of the molecule is CCc1ccc(CNC(=O)N(CC(=O)O)C2CCCC2)s1. The average molecular weight is 310 g/mol. The number of nitrogens with one attached hydrogen (secondary N) is 1. The number of carboxylic acid groups (broad SMARTS) is 1. The molecule has 5 nitrogen and oxygen atoms in total. The number of nitrogens with zero attached hydrogens (tertiary/aromatic N) is 1. The molecule has 0 radical (unpaired) electrons. The molecular weight excluding hydrogens is 288 g/mol. The van der Waals surface area contributed by atoms with Gasteiger partial charge in [-0.1, -0.05) is 19.8 Å². The third-order valence-corrected chi connectivity index (χ3v) is 5.04. The van der Waals surface area contributed by atoms with Crippen LogP contribution in [0.2, 0.25) is 0 Å². The van der Waals surface area contributed by atoms with Crippen LogP contribution in [0.4, 0.5) is 4.79 Å². The van der Waals surface area contributed by atoms with Gasteiger partial charge in [-0.2, -0.15) is 0 Å². The zero-order valence-electron chi connectivity index (χ0n) is 12.3. The zero-order valence-corrected chi connectivity index (χ0v) is 13.1. The maximum absolute atomic E-state index is 12.3. The molecule has 2 rings (SSSR count). The van der Waals surface area contributed by atoms with Gasteiger partial charge in [0.15, 0.2) is 0 Å². The number of rotatable bonds is 6. The second kappa shape index (κ2) is 7.45. The van der Waals surface area contributed by atoms with E-state index >= 15 is 0 Å². The van der Waals surface area contributed by atoms with Crippen molar-refractivity contribution < 1.29 is 14.7 Å². The molecule has 1 aliphatic rings. The summed E-state index contributed by atoms with van der Waals surface area (Å²) in [6.45, 7) is 2.34. The Morgan fingerprint density at radius 2 is 2.00 bits per heavy atom. The largest absolute Gasteiger partial charge is 0.480 e. The van der Waals surface area contributed by atoms with Crippen LogP contribution in [-0.4, -0.2) is 34.6 Å². The molecule has 116 valence electrons. The molecule has 2 N–H and O–H groups in total. The fourth-order valence-corrected chi connectivity index (χ4v) is 3.60. The Kier molecular flexibility index (Phi) is 5.61. The molecule has 1 saturated carbocycles. The van der Waals surface area contributed by atoms with E-state index in [1.54, 1.807) is 11.3 Å². The Morgan fingerprint density at radius 1 is 1.33 bits per heavy atom. The first-order valence-electron chi connectivity index (χ1n) is 7.44. The van der Waals surface area contributed by atoms with Gasteiger partial charge >= 0.3 is 12.0 Å². The smallest absolute Gasteiger partial charge is 0.323 e. The van der Waals surface area contributed by atoms with Gasteiger partial charge in [-0.3, -0.25) is 4.79 Å². The van der Waals surface area contributed by atoms with E-state index in [1.807, 2.05) is 6.07 Å². The van der Waals surface area contributed by atoms with Crippen LogP contribution in [0.3, 0.4) is 0 Å². The van der Waals surface area contributed by atoms with Crippen LogP contribution < -0.4 is 5.32 Å². The van der Waals surface area contributed by atoms with Gasteiger partial charge in [0.2, 0.25) is 0 Å². The van der Waals surface area contributed by atoms with Gasteiger partial charge in [0.05, 0.1) is 6.54 Å². The molecule has 0 aliphatic heterocycles. The van der Waals surface area contributed by atoms with Gasteiger partial charge in [0.25, 0.3) is 0 Å². The van der Waals surface area contributed by atoms with Crippen LogP contribution in [0.25, 0.3) is 0 Å². The van der Waals surface area contributed by atoms with Crippen molar-refractivity contribution in [3.63, 3.8) is 0 Å². The Labute approximate surface area is 129 Å².